The Labute approximate surface area is 66.8 Å². The molecule has 0 saturated carbocycles. The Bertz CT molecular complexity index is 78.2. The summed E-state index contributed by atoms with van der Waals surface area (Å²) >= 11 is 0. The Kier molecular flexibility index (Phi) is 18.7. The normalized spacial score (nSPS) is 5.56. The zero-order valence-corrected chi connectivity index (χ0v) is 6.80. The molecular formula is C3H6NbO5. The minimum atomic E-state index is -1.82. The van der Waals surface area contributed by atoms with Crippen molar-refractivity contribution in [3.8, 4) is 0 Å². The van der Waals surface area contributed by atoms with Crippen LogP contribution in [-0.2, 0) is 32.0 Å². The Hall–Kier alpha value is -0.360. The van der Waals surface area contributed by atoms with Gasteiger partial charge in [-0.3, -0.25) is 0 Å². The fourth-order valence-corrected chi connectivity index (χ4v) is 0. The van der Waals surface area contributed by atoms with Crippen molar-refractivity contribution in [2.24, 2.45) is 0 Å². The molecule has 0 aliphatic rings. The fraction of sp³-hybridized carbons (Fsp3) is 0.333. The second kappa shape index (κ2) is 10.6. The number of aliphatic hydroxyl groups is 1. The Morgan fingerprint density at radius 3 is 1.11 bits per heavy atom. The van der Waals surface area contributed by atoms with Gasteiger partial charge >= 0.3 is 11.9 Å². The number of aliphatic hydroxyl groups excluding tert-OH is 1. The summed E-state index contributed by atoms with van der Waals surface area (Å²) in [6.45, 7) is 0. The second-order valence-corrected chi connectivity index (χ2v) is 0.610. The van der Waals surface area contributed by atoms with Crippen molar-refractivity contribution in [2.45, 2.75) is 0 Å². The van der Waals surface area contributed by atoms with Crippen LogP contribution in [0.15, 0.2) is 0 Å². The van der Waals surface area contributed by atoms with E-state index in [-0.39, 0.29) is 22.4 Å². The topological polar surface area (TPSA) is 94.8 Å². The molecule has 0 unspecified atom stereocenters. The van der Waals surface area contributed by atoms with Crippen molar-refractivity contribution in [3.05, 3.63) is 0 Å². The van der Waals surface area contributed by atoms with E-state index in [2.05, 4.69) is 0 Å². The number of carboxylic acids is 2. The molecule has 1 radical (unpaired) electrons. The molecule has 0 fully saturated rings. The smallest absolute Gasteiger partial charge is 0.414 e. The molecule has 53 valence electrons. The summed E-state index contributed by atoms with van der Waals surface area (Å²) in [6.07, 6.45) is 0. The molecule has 3 N–H and O–H groups in total. The zero-order valence-electron chi connectivity index (χ0n) is 4.61. The Morgan fingerprint density at radius 2 is 1.11 bits per heavy atom. The molecule has 0 bridgehead atoms. The molecular weight excluding hydrogens is 209 g/mol. The van der Waals surface area contributed by atoms with Gasteiger partial charge in [0.1, 0.15) is 0 Å². The average molecular weight is 215 g/mol. The van der Waals surface area contributed by atoms with Gasteiger partial charge in [-0.15, -0.1) is 0 Å². The van der Waals surface area contributed by atoms with Crippen molar-refractivity contribution >= 4 is 11.9 Å². The Morgan fingerprint density at radius 1 is 1.00 bits per heavy atom. The van der Waals surface area contributed by atoms with Gasteiger partial charge in [-0.2, -0.15) is 0 Å². The predicted octanol–water partition coefficient (Wildman–Crippen LogP) is -1.24. The third-order valence-corrected chi connectivity index (χ3v) is 0.183. The maximum Gasteiger partial charge on any atom is 0.414 e. The molecule has 0 aromatic carbocycles. The zero-order chi connectivity index (χ0) is 7.15. The van der Waals surface area contributed by atoms with Crippen LogP contribution in [0.5, 0.6) is 0 Å². The van der Waals surface area contributed by atoms with E-state index in [0.717, 1.165) is 7.11 Å². The minimum Gasteiger partial charge on any atom is -0.473 e. The first kappa shape index (κ1) is 15.9. The number of aliphatic carboxylic acids is 2. The largest absolute Gasteiger partial charge is 0.473 e. The van der Waals surface area contributed by atoms with Crippen LogP contribution < -0.4 is 0 Å². The molecule has 0 aromatic heterocycles. The summed E-state index contributed by atoms with van der Waals surface area (Å²) < 4.78 is 0. The second-order valence-electron chi connectivity index (χ2n) is 0.610. The minimum absolute atomic E-state index is 0. The molecule has 0 saturated heterocycles. The SMILES string of the molecule is CO.O=C(O)C(=O)O.[Nb]. The van der Waals surface area contributed by atoms with E-state index in [1.165, 1.54) is 0 Å². The van der Waals surface area contributed by atoms with E-state index in [1.807, 2.05) is 0 Å². The van der Waals surface area contributed by atoms with Crippen LogP contribution in [-0.4, -0.2) is 34.4 Å². The molecule has 0 heterocycles. The quantitative estimate of drug-likeness (QED) is 0.347. The van der Waals surface area contributed by atoms with E-state index in [1.54, 1.807) is 0 Å². The van der Waals surface area contributed by atoms with E-state index >= 15 is 0 Å². The van der Waals surface area contributed by atoms with Crippen LogP contribution in [0.4, 0.5) is 0 Å². The molecule has 5 nitrogen and oxygen atoms in total. The van der Waals surface area contributed by atoms with Gasteiger partial charge in [0.25, 0.3) is 0 Å². The van der Waals surface area contributed by atoms with Gasteiger partial charge in [-0.25, -0.2) is 9.59 Å². The van der Waals surface area contributed by atoms with Crippen LogP contribution in [0.1, 0.15) is 0 Å². The standard InChI is InChI=1S/C2H2O4.CH4O.Nb/c3-1(4)2(5)6;1-2;/h(H,3,4)(H,5,6);2H,1H3;. The maximum absolute atomic E-state index is 9.10. The van der Waals surface area contributed by atoms with Crippen LogP contribution in [0, 0.1) is 0 Å². The van der Waals surface area contributed by atoms with Crippen molar-refractivity contribution in [2.75, 3.05) is 7.11 Å². The van der Waals surface area contributed by atoms with E-state index in [4.69, 9.17) is 24.9 Å². The molecule has 9 heavy (non-hydrogen) atoms. The van der Waals surface area contributed by atoms with Gasteiger partial charge in [0.05, 0.1) is 0 Å². The number of hydrogen-bond acceptors (Lipinski definition) is 3. The van der Waals surface area contributed by atoms with E-state index in [9.17, 15) is 0 Å². The van der Waals surface area contributed by atoms with Crippen molar-refractivity contribution in [1.29, 1.82) is 0 Å². The molecule has 0 rings (SSSR count). The van der Waals surface area contributed by atoms with Gasteiger partial charge in [0.2, 0.25) is 0 Å². The third-order valence-electron chi connectivity index (χ3n) is 0.183. The number of carboxylic acid groups (broad SMARTS) is 2. The molecule has 0 atom stereocenters. The first-order valence-corrected chi connectivity index (χ1v) is 1.55. The maximum atomic E-state index is 9.10. The van der Waals surface area contributed by atoms with Crippen LogP contribution in [0.25, 0.3) is 0 Å². The van der Waals surface area contributed by atoms with Crippen molar-refractivity contribution in [1.82, 2.24) is 0 Å². The number of rotatable bonds is 0. The number of hydrogen-bond donors (Lipinski definition) is 3. The first-order valence-electron chi connectivity index (χ1n) is 1.55. The fourth-order valence-electron chi connectivity index (χ4n) is 0. The predicted molar refractivity (Wildman–Crippen MR) is 23.4 cm³/mol. The molecule has 0 aliphatic carbocycles. The Balaban J connectivity index is -0.000000109. The monoisotopic (exact) mass is 215 g/mol. The van der Waals surface area contributed by atoms with Gasteiger partial charge in [-0.05, 0) is 0 Å². The first-order chi connectivity index (χ1) is 3.64. The average Bonchev–Trinajstić information content (AvgIpc) is 1.72. The van der Waals surface area contributed by atoms with Crippen LogP contribution >= 0.6 is 0 Å². The molecule has 6 heteroatoms. The number of carbonyl (C=O) groups is 2. The molecule has 0 amide bonds. The van der Waals surface area contributed by atoms with Gasteiger partial charge in [0, 0.05) is 29.5 Å². The summed E-state index contributed by atoms with van der Waals surface area (Å²) in [5, 5.41) is 21.8. The van der Waals surface area contributed by atoms with E-state index in [0.29, 0.717) is 0 Å². The summed E-state index contributed by atoms with van der Waals surface area (Å²) in [7, 11) is 1.00. The summed E-state index contributed by atoms with van der Waals surface area (Å²) in [6, 6.07) is 0. The molecule has 0 aliphatic heterocycles. The van der Waals surface area contributed by atoms with Crippen LogP contribution in [0.3, 0.4) is 0 Å². The summed E-state index contributed by atoms with van der Waals surface area (Å²) in [4.78, 5) is 18.2. The summed E-state index contributed by atoms with van der Waals surface area (Å²) in [5.41, 5.74) is 0. The molecule has 0 aromatic rings. The van der Waals surface area contributed by atoms with E-state index < -0.39 is 11.9 Å². The van der Waals surface area contributed by atoms with Gasteiger partial charge in [-0.1, -0.05) is 0 Å². The van der Waals surface area contributed by atoms with Gasteiger partial charge in [0.15, 0.2) is 0 Å². The van der Waals surface area contributed by atoms with Crippen molar-refractivity contribution < 1.29 is 47.3 Å². The van der Waals surface area contributed by atoms with Crippen LogP contribution in [0.2, 0.25) is 0 Å². The third kappa shape index (κ3) is 18.3. The summed E-state index contributed by atoms with van der Waals surface area (Å²) in [5.74, 6) is -3.65. The van der Waals surface area contributed by atoms with Gasteiger partial charge < -0.3 is 15.3 Å². The molecule has 0 spiro atoms. The van der Waals surface area contributed by atoms with Crippen molar-refractivity contribution in [3.63, 3.8) is 0 Å².